The van der Waals surface area contributed by atoms with Gasteiger partial charge in [0.1, 0.15) is 6.10 Å². The molecule has 3 nitrogen and oxygen atoms in total. The summed E-state index contributed by atoms with van der Waals surface area (Å²) in [6.07, 6.45) is 1.48. The van der Waals surface area contributed by atoms with Gasteiger partial charge in [-0.25, -0.2) is 0 Å². The van der Waals surface area contributed by atoms with Crippen LogP contribution in [0.5, 0.6) is 0 Å². The standard InChI is InChI=1S/C16H25O3P/c1-13-9-10-20(18,12-16(13,2)3)19-11-15(17)14-7-5-4-6-8-14/h4-8,13,15,17H,9-12H2,1-3H3. The van der Waals surface area contributed by atoms with E-state index < -0.39 is 13.5 Å². The molecule has 3 atom stereocenters. The summed E-state index contributed by atoms with van der Waals surface area (Å²) in [5.41, 5.74) is 0.856. The van der Waals surface area contributed by atoms with Gasteiger partial charge in [-0.05, 0) is 23.3 Å². The van der Waals surface area contributed by atoms with Gasteiger partial charge in [0, 0.05) is 12.3 Å². The van der Waals surface area contributed by atoms with E-state index in [1.54, 1.807) is 0 Å². The molecule has 0 saturated carbocycles. The van der Waals surface area contributed by atoms with Crippen LogP contribution >= 0.6 is 7.37 Å². The van der Waals surface area contributed by atoms with Gasteiger partial charge in [-0.3, -0.25) is 4.57 Å². The summed E-state index contributed by atoms with van der Waals surface area (Å²) < 4.78 is 18.5. The molecule has 0 bridgehead atoms. The van der Waals surface area contributed by atoms with E-state index in [1.165, 1.54) is 0 Å². The predicted octanol–water partition coefficient (Wildman–Crippen LogP) is 4.08. The van der Waals surface area contributed by atoms with Crippen LogP contribution in [0.4, 0.5) is 0 Å². The average Bonchev–Trinajstić information content (AvgIpc) is 2.41. The summed E-state index contributed by atoms with van der Waals surface area (Å²) in [7, 11) is -2.61. The number of benzene rings is 1. The zero-order valence-electron chi connectivity index (χ0n) is 12.6. The third kappa shape index (κ3) is 3.72. The zero-order chi connectivity index (χ0) is 14.8. The van der Waals surface area contributed by atoms with Crippen molar-refractivity contribution < 1.29 is 14.2 Å². The molecule has 3 unspecified atom stereocenters. The molecular formula is C16H25O3P. The van der Waals surface area contributed by atoms with Gasteiger partial charge in [0.25, 0.3) is 0 Å². The highest BCUT2D eigenvalue weighted by molar-refractivity contribution is 7.59. The van der Waals surface area contributed by atoms with Crippen molar-refractivity contribution in [2.75, 3.05) is 18.9 Å². The van der Waals surface area contributed by atoms with Crippen LogP contribution in [0.2, 0.25) is 0 Å². The van der Waals surface area contributed by atoms with Gasteiger partial charge in [-0.15, -0.1) is 0 Å². The van der Waals surface area contributed by atoms with E-state index in [0.717, 1.165) is 12.0 Å². The van der Waals surface area contributed by atoms with E-state index in [1.807, 2.05) is 30.3 Å². The van der Waals surface area contributed by atoms with E-state index in [0.29, 0.717) is 18.2 Å². The first-order chi connectivity index (χ1) is 9.32. The monoisotopic (exact) mass is 296 g/mol. The highest BCUT2D eigenvalue weighted by Crippen LogP contribution is 2.58. The van der Waals surface area contributed by atoms with Gasteiger partial charge in [0.2, 0.25) is 7.37 Å². The molecule has 1 aliphatic rings. The van der Waals surface area contributed by atoms with Crippen LogP contribution in [-0.4, -0.2) is 24.0 Å². The topological polar surface area (TPSA) is 46.5 Å². The second kappa shape index (κ2) is 6.01. The van der Waals surface area contributed by atoms with Gasteiger partial charge < -0.3 is 9.63 Å². The van der Waals surface area contributed by atoms with Gasteiger partial charge >= 0.3 is 0 Å². The van der Waals surface area contributed by atoms with Crippen LogP contribution in [0.15, 0.2) is 30.3 Å². The van der Waals surface area contributed by atoms with Crippen LogP contribution in [0.25, 0.3) is 0 Å². The fourth-order valence-electron chi connectivity index (χ4n) is 2.72. The van der Waals surface area contributed by atoms with Crippen molar-refractivity contribution in [1.82, 2.24) is 0 Å². The minimum Gasteiger partial charge on any atom is -0.386 e. The largest absolute Gasteiger partial charge is 0.386 e. The van der Waals surface area contributed by atoms with Crippen LogP contribution in [0.1, 0.15) is 38.9 Å². The van der Waals surface area contributed by atoms with E-state index in [-0.39, 0.29) is 12.0 Å². The lowest BCUT2D eigenvalue weighted by atomic mass is 9.80. The molecule has 0 spiro atoms. The lowest BCUT2D eigenvalue weighted by Gasteiger charge is -2.40. The Bertz CT molecular complexity index is 484. The highest BCUT2D eigenvalue weighted by Gasteiger charge is 2.41. The SMILES string of the molecule is CC1CCP(=O)(OCC(O)c2ccccc2)CC1(C)C. The van der Waals surface area contributed by atoms with Crippen LogP contribution in [0, 0.1) is 11.3 Å². The minimum absolute atomic E-state index is 0.0471. The molecule has 1 heterocycles. The Morgan fingerprint density at radius 2 is 2.05 bits per heavy atom. The molecule has 1 aromatic carbocycles. The molecule has 1 aliphatic heterocycles. The zero-order valence-corrected chi connectivity index (χ0v) is 13.5. The maximum Gasteiger partial charge on any atom is 0.203 e. The van der Waals surface area contributed by atoms with Crippen molar-refractivity contribution in [1.29, 1.82) is 0 Å². The molecule has 1 fully saturated rings. The van der Waals surface area contributed by atoms with Crippen molar-refractivity contribution in [3.05, 3.63) is 35.9 Å². The molecule has 0 radical (unpaired) electrons. The summed E-state index contributed by atoms with van der Waals surface area (Å²) in [6.45, 7) is 6.63. The Hall–Kier alpha value is -0.630. The molecule has 4 heteroatoms. The molecule has 0 aliphatic carbocycles. The van der Waals surface area contributed by atoms with Crippen molar-refractivity contribution in [3.63, 3.8) is 0 Å². The summed E-state index contributed by atoms with van der Waals surface area (Å²) >= 11 is 0. The van der Waals surface area contributed by atoms with E-state index in [4.69, 9.17) is 4.52 Å². The van der Waals surface area contributed by atoms with Crippen molar-refractivity contribution in [3.8, 4) is 0 Å². The molecule has 2 rings (SSSR count). The third-order valence-corrected chi connectivity index (χ3v) is 7.39. The number of rotatable bonds is 4. The normalized spacial score (nSPS) is 30.9. The summed E-state index contributed by atoms with van der Waals surface area (Å²) in [5, 5.41) is 10.1. The minimum atomic E-state index is -2.61. The Kier molecular flexibility index (Phi) is 4.73. The second-order valence-electron chi connectivity index (χ2n) is 6.60. The van der Waals surface area contributed by atoms with Crippen molar-refractivity contribution in [2.24, 2.45) is 11.3 Å². The lowest BCUT2D eigenvalue weighted by molar-refractivity contribution is 0.104. The molecule has 112 valence electrons. The lowest BCUT2D eigenvalue weighted by Crippen LogP contribution is -2.32. The summed E-state index contributed by atoms with van der Waals surface area (Å²) in [4.78, 5) is 0. The number of hydrogen-bond acceptors (Lipinski definition) is 3. The van der Waals surface area contributed by atoms with Gasteiger partial charge in [0.15, 0.2) is 0 Å². The summed E-state index contributed by atoms with van der Waals surface area (Å²) in [5.74, 6) is 0.562. The maximum atomic E-state index is 12.8. The molecule has 1 N–H and O–H groups in total. The van der Waals surface area contributed by atoms with Crippen molar-refractivity contribution in [2.45, 2.75) is 33.3 Å². The Morgan fingerprint density at radius 3 is 2.65 bits per heavy atom. The predicted molar refractivity (Wildman–Crippen MR) is 82.3 cm³/mol. The van der Waals surface area contributed by atoms with Crippen molar-refractivity contribution >= 4 is 7.37 Å². The molecule has 20 heavy (non-hydrogen) atoms. The Balaban J connectivity index is 1.95. The quantitative estimate of drug-likeness (QED) is 0.852. The molecule has 1 aromatic rings. The Labute approximate surface area is 121 Å². The average molecular weight is 296 g/mol. The fourth-order valence-corrected chi connectivity index (χ4v) is 5.85. The van der Waals surface area contributed by atoms with E-state index >= 15 is 0 Å². The van der Waals surface area contributed by atoms with Crippen LogP contribution in [0.3, 0.4) is 0 Å². The fraction of sp³-hybridized carbons (Fsp3) is 0.625. The second-order valence-corrected chi connectivity index (χ2v) is 9.25. The number of hydrogen-bond donors (Lipinski definition) is 1. The maximum absolute atomic E-state index is 12.8. The molecular weight excluding hydrogens is 271 g/mol. The summed E-state index contributed by atoms with van der Waals surface area (Å²) in [6, 6.07) is 9.38. The van der Waals surface area contributed by atoms with Gasteiger partial charge in [-0.1, -0.05) is 51.1 Å². The highest BCUT2D eigenvalue weighted by atomic mass is 31.2. The first-order valence-electron chi connectivity index (χ1n) is 7.28. The smallest absolute Gasteiger partial charge is 0.203 e. The first-order valence-corrected chi connectivity index (χ1v) is 9.28. The number of aliphatic hydroxyl groups excluding tert-OH is 1. The van der Waals surface area contributed by atoms with Gasteiger partial charge in [0.05, 0.1) is 6.61 Å². The Morgan fingerprint density at radius 1 is 1.40 bits per heavy atom. The molecule has 1 saturated heterocycles. The van der Waals surface area contributed by atoms with E-state index in [9.17, 15) is 9.67 Å². The third-order valence-electron chi connectivity index (χ3n) is 4.54. The first kappa shape index (κ1) is 15.8. The molecule has 0 amide bonds. The van der Waals surface area contributed by atoms with Crippen LogP contribution in [-0.2, 0) is 9.09 Å². The number of aliphatic hydroxyl groups is 1. The van der Waals surface area contributed by atoms with Crippen LogP contribution < -0.4 is 0 Å². The van der Waals surface area contributed by atoms with Gasteiger partial charge in [-0.2, -0.15) is 0 Å². The molecule has 0 aromatic heterocycles. The van der Waals surface area contributed by atoms with E-state index in [2.05, 4.69) is 20.8 Å².